The van der Waals surface area contributed by atoms with Crippen LogP contribution in [0.2, 0.25) is 0 Å². The highest BCUT2D eigenvalue weighted by Gasteiger charge is 2.23. The molecule has 1 unspecified atom stereocenters. The minimum atomic E-state index is 0.591. The smallest absolute Gasteiger partial charge is 0.162 e. The first-order chi connectivity index (χ1) is 14.4. The van der Waals surface area contributed by atoms with E-state index in [1.807, 2.05) is 30.3 Å². The summed E-state index contributed by atoms with van der Waals surface area (Å²) in [5, 5.41) is 4.68. The van der Waals surface area contributed by atoms with Crippen molar-refractivity contribution in [2.24, 2.45) is 5.92 Å². The Hall–Kier alpha value is -3.47. The Morgan fingerprint density at radius 3 is 2.55 bits per heavy atom. The standard InChI is InChI=1S/C24H23N5/c1-2-6-20(7-3-1)29-15-12-18(17-29)16-26-24-21-8-4-5-9-22(21)27-23(28-24)19-10-13-25-14-11-19/h1-11,13-14,18H,12,15-17H2,(H,26,27,28). The van der Waals surface area contributed by atoms with Gasteiger partial charge in [0.05, 0.1) is 5.52 Å². The molecule has 4 aromatic rings. The Morgan fingerprint density at radius 1 is 0.897 bits per heavy atom. The molecule has 144 valence electrons. The van der Waals surface area contributed by atoms with Crippen LogP contribution in [0.3, 0.4) is 0 Å². The number of fused-ring (bicyclic) bond motifs is 1. The predicted octanol–water partition coefficient (Wildman–Crippen LogP) is 4.63. The number of aromatic nitrogens is 3. The number of nitrogens with one attached hydrogen (secondary N) is 1. The van der Waals surface area contributed by atoms with E-state index in [9.17, 15) is 0 Å². The molecule has 2 aromatic carbocycles. The summed E-state index contributed by atoms with van der Waals surface area (Å²) in [6.45, 7) is 3.07. The Morgan fingerprint density at radius 2 is 1.69 bits per heavy atom. The number of pyridine rings is 1. The zero-order chi connectivity index (χ0) is 19.5. The molecule has 0 bridgehead atoms. The number of hydrogen-bond acceptors (Lipinski definition) is 5. The molecule has 1 atom stereocenters. The van der Waals surface area contributed by atoms with Crippen LogP contribution < -0.4 is 10.2 Å². The number of rotatable bonds is 5. The van der Waals surface area contributed by atoms with Crippen LogP contribution in [0.15, 0.2) is 79.1 Å². The van der Waals surface area contributed by atoms with Gasteiger partial charge in [0.25, 0.3) is 0 Å². The van der Waals surface area contributed by atoms with Crippen LogP contribution in [0.4, 0.5) is 11.5 Å². The van der Waals surface area contributed by atoms with Crippen molar-refractivity contribution in [2.45, 2.75) is 6.42 Å². The van der Waals surface area contributed by atoms with Gasteiger partial charge in [-0.05, 0) is 48.7 Å². The molecule has 5 heteroatoms. The van der Waals surface area contributed by atoms with Crippen LogP contribution in [0.1, 0.15) is 6.42 Å². The lowest BCUT2D eigenvalue weighted by Crippen LogP contribution is -2.22. The van der Waals surface area contributed by atoms with Crippen LogP contribution in [0.5, 0.6) is 0 Å². The van der Waals surface area contributed by atoms with Gasteiger partial charge in [0.15, 0.2) is 5.82 Å². The van der Waals surface area contributed by atoms with Gasteiger partial charge in [-0.3, -0.25) is 4.98 Å². The lowest BCUT2D eigenvalue weighted by Gasteiger charge is -2.19. The zero-order valence-electron chi connectivity index (χ0n) is 16.2. The molecule has 1 fully saturated rings. The van der Waals surface area contributed by atoms with Crippen molar-refractivity contribution < 1.29 is 0 Å². The summed E-state index contributed by atoms with van der Waals surface area (Å²) in [6, 6.07) is 22.7. The summed E-state index contributed by atoms with van der Waals surface area (Å²) >= 11 is 0. The molecule has 5 nitrogen and oxygen atoms in total. The number of hydrogen-bond donors (Lipinski definition) is 1. The molecule has 0 aliphatic carbocycles. The molecule has 0 saturated carbocycles. The summed E-state index contributed by atoms with van der Waals surface area (Å²) in [4.78, 5) is 16.2. The average molecular weight is 381 g/mol. The Balaban J connectivity index is 1.36. The topological polar surface area (TPSA) is 53.9 Å². The molecule has 0 spiro atoms. The van der Waals surface area contributed by atoms with Gasteiger partial charge in [0, 0.05) is 48.7 Å². The third kappa shape index (κ3) is 3.76. The highest BCUT2D eigenvalue weighted by molar-refractivity contribution is 5.90. The number of nitrogens with zero attached hydrogens (tertiary/aromatic N) is 4. The van der Waals surface area contributed by atoms with Crippen LogP contribution in [0, 0.1) is 5.92 Å². The van der Waals surface area contributed by atoms with E-state index in [2.05, 4.69) is 51.6 Å². The Bertz CT molecular complexity index is 1100. The van der Waals surface area contributed by atoms with Crippen molar-refractivity contribution >= 4 is 22.4 Å². The van der Waals surface area contributed by atoms with Crippen molar-refractivity contribution in [3.05, 3.63) is 79.1 Å². The van der Waals surface area contributed by atoms with Crippen molar-refractivity contribution in [2.75, 3.05) is 29.9 Å². The molecular weight excluding hydrogens is 358 g/mol. The van der Waals surface area contributed by atoms with Crippen LogP contribution in [0.25, 0.3) is 22.3 Å². The van der Waals surface area contributed by atoms with E-state index >= 15 is 0 Å². The second-order valence-electron chi connectivity index (χ2n) is 7.47. The quantitative estimate of drug-likeness (QED) is 0.546. The fourth-order valence-electron chi connectivity index (χ4n) is 3.96. The van der Waals surface area contributed by atoms with Gasteiger partial charge >= 0.3 is 0 Å². The third-order valence-electron chi connectivity index (χ3n) is 5.51. The predicted molar refractivity (Wildman–Crippen MR) is 118 cm³/mol. The van der Waals surface area contributed by atoms with E-state index in [0.29, 0.717) is 5.92 Å². The zero-order valence-corrected chi connectivity index (χ0v) is 16.2. The first kappa shape index (κ1) is 17.6. The van der Waals surface area contributed by atoms with E-state index < -0.39 is 0 Å². The summed E-state index contributed by atoms with van der Waals surface area (Å²) in [7, 11) is 0. The maximum atomic E-state index is 4.85. The number of benzene rings is 2. The van der Waals surface area contributed by atoms with Crippen LogP contribution in [-0.4, -0.2) is 34.6 Å². The largest absolute Gasteiger partial charge is 0.371 e. The van der Waals surface area contributed by atoms with Crippen molar-refractivity contribution in [3.8, 4) is 11.4 Å². The normalized spacial score (nSPS) is 16.3. The van der Waals surface area contributed by atoms with Gasteiger partial charge in [-0.15, -0.1) is 0 Å². The van der Waals surface area contributed by atoms with E-state index in [0.717, 1.165) is 47.7 Å². The fraction of sp³-hybridized carbons (Fsp3) is 0.208. The van der Waals surface area contributed by atoms with Crippen LogP contribution in [-0.2, 0) is 0 Å². The SMILES string of the molecule is c1ccc(N2CCC(CNc3nc(-c4ccncc4)nc4ccccc34)C2)cc1. The van der Waals surface area contributed by atoms with E-state index in [1.165, 1.54) is 12.1 Å². The molecule has 3 heterocycles. The van der Waals surface area contributed by atoms with E-state index in [4.69, 9.17) is 9.97 Å². The first-order valence-corrected chi connectivity index (χ1v) is 10.1. The summed E-state index contributed by atoms with van der Waals surface area (Å²) < 4.78 is 0. The Labute approximate surface area is 170 Å². The molecule has 1 N–H and O–H groups in total. The van der Waals surface area contributed by atoms with Gasteiger partial charge in [-0.1, -0.05) is 30.3 Å². The molecule has 5 rings (SSSR count). The molecule has 29 heavy (non-hydrogen) atoms. The summed E-state index contributed by atoms with van der Waals surface area (Å²) in [5.41, 5.74) is 3.24. The van der Waals surface area contributed by atoms with E-state index in [-0.39, 0.29) is 0 Å². The monoisotopic (exact) mass is 381 g/mol. The van der Waals surface area contributed by atoms with Crippen LogP contribution >= 0.6 is 0 Å². The second kappa shape index (κ2) is 7.87. The Kier molecular flexibility index (Phi) is 4.78. The molecule has 2 aromatic heterocycles. The van der Waals surface area contributed by atoms with Gasteiger partial charge < -0.3 is 10.2 Å². The third-order valence-corrected chi connectivity index (χ3v) is 5.51. The van der Waals surface area contributed by atoms with Gasteiger partial charge in [-0.2, -0.15) is 0 Å². The summed E-state index contributed by atoms with van der Waals surface area (Å²) in [5.74, 6) is 2.22. The average Bonchev–Trinajstić information content (AvgIpc) is 3.27. The molecule has 1 aliphatic rings. The highest BCUT2D eigenvalue weighted by atomic mass is 15.2. The van der Waals surface area contributed by atoms with Gasteiger partial charge in [0.1, 0.15) is 5.82 Å². The maximum Gasteiger partial charge on any atom is 0.162 e. The van der Waals surface area contributed by atoms with Gasteiger partial charge in [-0.25, -0.2) is 9.97 Å². The molecule has 1 aliphatic heterocycles. The molecule has 0 radical (unpaired) electrons. The second-order valence-corrected chi connectivity index (χ2v) is 7.47. The lowest BCUT2D eigenvalue weighted by molar-refractivity contribution is 0.621. The minimum Gasteiger partial charge on any atom is -0.371 e. The van der Waals surface area contributed by atoms with Crippen molar-refractivity contribution in [3.63, 3.8) is 0 Å². The summed E-state index contributed by atoms with van der Waals surface area (Å²) in [6.07, 6.45) is 4.73. The lowest BCUT2D eigenvalue weighted by atomic mass is 10.1. The first-order valence-electron chi connectivity index (χ1n) is 10.1. The maximum absolute atomic E-state index is 4.85. The highest BCUT2D eigenvalue weighted by Crippen LogP contribution is 2.27. The number of para-hydroxylation sites is 2. The molecule has 0 amide bonds. The van der Waals surface area contributed by atoms with Gasteiger partial charge in [0.2, 0.25) is 0 Å². The molecule has 1 saturated heterocycles. The van der Waals surface area contributed by atoms with Crippen molar-refractivity contribution in [1.82, 2.24) is 15.0 Å². The molecular formula is C24H23N5. The minimum absolute atomic E-state index is 0.591. The van der Waals surface area contributed by atoms with Crippen molar-refractivity contribution in [1.29, 1.82) is 0 Å². The van der Waals surface area contributed by atoms with E-state index in [1.54, 1.807) is 12.4 Å². The fourth-order valence-corrected chi connectivity index (χ4v) is 3.96. The number of anilines is 2.